The number of rotatable bonds is 5. The Labute approximate surface area is 272 Å². The molecule has 0 N–H and O–H groups in total. The van der Waals surface area contributed by atoms with Crippen LogP contribution >= 0.6 is 11.3 Å². The van der Waals surface area contributed by atoms with E-state index >= 15 is 0 Å². The molecule has 0 atom stereocenters. The van der Waals surface area contributed by atoms with Crippen LogP contribution in [0.25, 0.3) is 64.0 Å². The van der Waals surface area contributed by atoms with Crippen LogP contribution in [-0.4, -0.2) is 0 Å². The van der Waals surface area contributed by atoms with Gasteiger partial charge in [0, 0.05) is 37.2 Å². The lowest BCUT2D eigenvalue weighted by Crippen LogP contribution is -2.09. The van der Waals surface area contributed by atoms with Crippen molar-refractivity contribution in [2.45, 2.75) is 0 Å². The Kier molecular flexibility index (Phi) is 6.40. The van der Waals surface area contributed by atoms with Crippen LogP contribution in [0, 0.1) is 0 Å². The van der Waals surface area contributed by atoms with E-state index < -0.39 is 0 Å². The first-order valence-electron chi connectivity index (χ1n) is 15.7. The predicted octanol–water partition coefficient (Wildman–Crippen LogP) is 13.2. The van der Waals surface area contributed by atoms with Crippen molar-refractivity contribution in [3.8, 4) is 22.3 Å². The second kappa shape index (κ2) is 11.0. The molecule has 0 bridgehead atoms. The first kappa shape index (κ1) is 26.7. The Balaban J connectivity index is 1.24. The Bertz CT molecular complexity index is 2510. The van der Waals surface area contributed by atoms with Crippen LogP contribution in [0.5, 0.6) is 0 Å². The summed E-state index contributed by atoms with van der Waals surface area (Å²) in [6.07, 6.45) is 0. The Hall–Kier alpha value is -5.70. The molecule has 0 aliphatic heterocycles. The van der Waals surface area contributed by atoms with Gasteiger partial charge in [-0.1, -0.05) is 127 Å². The molecule has 216 valence electrons. The average Bonchev–Trinajstić information content (AvgIpc) is 3.50. The lowest BCUT2D eigenvalue weighted by molar-refractivity contribution is 1.30. The SMILES string of the molecule is c1ccc(-c2ccc(N(c3ccc4c(c3)sc3ccccc34)c3ccc4ccc5ccc(-c6ccccc6)cc5c4c3)cc2)cc1. The molecule has 0 aliphatic rings. The molecule has 9 aromatic rings. The van der Waals surface area contributed by atoms with Crippen molar-refractivity contribution in [2.24, 2.45) is 0 Å². The second-order valence-electron chi connectivity index (χ2n) is 11.8. The molecule has 2 heteroatoms. The number of anilines is 3. The van der Waals surface area contributed by atoms with E-state index in [1.807, 2.05) is 11.3 Å². The molecule has 0 amide bonds. The third-order valence-electron chi connectivity index (χ3n) is 9.04. The third kappa shape index (κ3) is 4.63. The molecule has 8 aromatic carbocycles. The minimum absolute atomic E-state index is 1.13. The van der Waals surface area contributed by atoms with Gasteiger partial charge in [0.2, 0.25) is 0 Å². The molecule has 0 saturated carbocycles. The van der Waals surface area contributed by atoms with Gasteiger partial charge < -0.3 is 4.90 Å². The van der Waals surface area contributed by atoms with Gasteiger partial charge in [-0.25, -0.2) is 0 Å². The first-order chi connectivity index (χ1) is 22.8. The highest BCUT2D eigenvalue weighted by Gasteiger charge is 2.16. The number of fused-ring (bicyclic) bond motifs is 6. The van der Waals surface area contributed by atoms with Gasteiger partial charge in [-0.15, -0.1) is 11.3 Å². The van der Waals surface area contributed by atoms with Crippen LogP contribution in [0.2, 0.25) is 0 Å². The fourth-order valence-corrected chi connectivity index (χ4v) is 7.86. The smallest absolute Gasteiger partial charge is 0.0476 e. The number of nitrogens with zero attached hydrogens (tertiary/aromatic N) is 1. The summed E-state index contributed by atoms with van der Waals surface area (Å²) in [6, 6.07) is 64.0. The zero-order chi connectivity index (χ0) is 30.5. The summed E-state index contributed by atoms with van der Waals surface area (Å²) in [6.45, 7) is 0. The summed E-state index contributed by atoms with van der Waals surface area (Å²) in [5.74, 6) is 0. The quantitative estimate of drug-likeness (QED) is 0.177. The molecule has 1 nitrogen and oxygen atoms in total. The van der Waals surface area contributed by atoms with Gasteiger partial charge >= 0.3 is 0 Å². The second-order valence-corrected chi connectivity index (χ2v) is 12.9. The van der Waals surface area contributed by atoms with Gasteiger partial charge in [-0.05, 0) is 92.3 Å². The maximum Gasteiger partial charge on any atom is 0.0476 e. The predicted molar refractivity (Wildman–Crippen MR) is 200 cm³/mol. The maximum atomic E-state index is 2.40. The van der Waals surface area contributed by atoms with E-state index in [9.17, 15) is 0 Å². The highest BCUT2D eigenvalue weighted by molar-refractivity contribution is 7.25. The van der Waals surface area contributed by atoms with Gasteiger partial charge in [-0.2, -0.15) is 0 Å². The van der Waals surface area contributed by atoms with Crippen molar-refractivity contribution in [3.05, 3.63) is 176 Å². The molecule has 0 fully saturated rings. The maximum absolute atomic E-state index is 2.40. The number of hydrogen-bond donors (Lipinski definition) is 0. The van der Waals surface area contributed by atoms with Gasteiger partial charge in [0.05, 0.1) is 0 Å². The van der Waals surface area contributed by atoms with E-state index in [4.69, 9.17) is 0 Å². The molecular formula is C44H29NS. The van der Waals surface area contributed by atoms with E-state index in [1.165, 1.54) is 64.0 Å². The fourth-order valence-electron chi connectivity index (χ4n) is 6.72. The van der Waals surface area contributed by atoms with E-state index in [1.54, 1.807) is 0 Å². The van der Waals surface area contributed by atoms with Crippen LogP contribution in [0.3, 0.4) is 0 Å². The normalized spacial score (nSPS) is 11.5. The highest BCUT2D eigenvalue weighted by atomic mass is 32.1. The van der Waals surface area contributed by atoms with E-state index in [2.05, 4.69) is 181 Å². The van der Waals surface area contributed by atoms with E-state index in [0.717, 1.165) is 17.1 Å². The zero-order valence-electron chi connectivity index (χ0n) is 25.1. The summed E-state index contributed by atoms with van der Waals surface area (Å²) in [4.78, 5) is 2.40. The van der Waals surface area contributed by atoms with Gasteiger partial charge in [0.1, 0.15) is 0 Å². The monoisotopic (exact) mass is 603 g/mol. The average molecular weight is 604 g/mol. The van der Waals surface area contributed by atoms with Gasteiger partial charge in [0.25, 0.3) is 0 Å². The molecule has 0 aliphatic carbocycles. The van der Waals surface area contributed by atoms with Crippen molar-refractivity contribution < 1.29 is 0 Å². The largest absolute Gasteiger partial charge is 0.310 e. The minimum Gasteiger partial charge on any atom is -0.310 e. The standard InChI is InChI=1S/C44H29NS/c1-3-9-30(10-4-1)32-19-22-36(23-20-32)45(38-25-26-40-39-13-7-8-14-43(39)46-44(40)29-38)37-24-21-34-16-15-33-17-18-35(27-41(33)42(34)28-37)31-11-5-2-6-12-31/h1-29H. The van der Waals surface area contributed by atoms with E-state index in [-0.39, 0.29) is 0 Å². The number of hydrogen-bond acceptors (Lipinski definition) is 2. The lowest BCUT2D eigenvalue weighted by atomic mass is 9.96. The molecule has 0 radical (unpaired) electrons. The Morgan fingerprint density at radius 3 is 1.57 bits per heavy atom. The molecule has 0 spiro atoms. The highest BCUT2D eigenvalue weighted by Crippen LogP contribution is 2.42. The molecule has 9 rings (SSSR count). The Morgan fingerprint density at radius 1 is 0.304 bits per heavy atom. The zero-order valence-corrected chi connectivity index (χ0v) is 25.9. The molecule has 46 heavy (non-hydrogen) atoms. The summed E-state index contributed by atoms with van der Waals surface area (Å²) < 4.78 is 2.61. The summed E-state index contributed by atoms with van der Waals surface area (Å²) >= 11 is 1.86. The van der Waals surface area contributed by atoms with Crippen molar-refractivity contribution in [3.63, 3.8) is 0 Å². The van der Waals surface area contributed by atoms with Crippen molar-refractivity contribution >= 4 is 70.1 Å². The third-order valence-corrected chi connectivity index (χ3v) is 10.2. The molecular weight excluding hydrogens is 575 g/mol. The topological polar surface area (TPSA) is 3.24 Å². The van der Waals surface area contributed by atoms with Crippen molar-refractivity contribution in [1.82, 2.24) is 0 Å². The molecule has 0 saturated heterocycles. The minimum atomic E-state index is 1.13. The molecule has 1 heterocycles. The summed E-state index contributed by atoms with van der Waals surface area (Å²) in [5, 5.41) is 7.62. The number of thiophene rings is 1. The van der Waals surface area contributed by atoms with E-state index in [0.29, 0.717) is 0 Å². The van der Waals surface area contributed by atoms with Crippen LogP contribution in [-0.2, 0) is 0 Å². The van der Waals surface area contributed by atoms with Crippen molar-refractivity contribution in [1.29, 1.82) is 0 Å². The molecule has 0 unspecified atom stereocenters. The summed E-state index contributed by atoms with van der Waals surface area (Å²) in [5.41, 5.74) is 8.31. The van der Waals surface area contributed by atoms with Gasteiger partial charge in [0.15, 0.2) is 0 Å². The van der Waals surface area contributed by atoms with Crippen LogP contribution in [0.4, 0.5) is 17.1 Å². The Morgan fingerprint density at radius 2 is 0.804 bits per heavy atom. The molecule has 1 aromatic heterocycles. The first-order valence-corrected chi connectivity index (χ1v) is 16.5. The van der Waals surface area contributed by atoms with Crippen LogP contribution in [0.1, 0.15) is 0 Å². The van der Waals surface area contributed by atoms with Crippen molar-refractivity contribution in [2.75, 3.05) is 4.90 Å². The lowest BCUT2D eigenvalue weighted by Gasteiger charge is -2.26. The summed E-state index contributed by atoms with van der Waals surface area (Å²) in [7, 11) is 0. The van der Waals surface area contributed by atoms with Gasteiger partial charge in [-0.3, -0.25) is 0 Å². The van der Waals surface area contributed by atoms with Crippen LogP contribution < -0.4 is 4.90 Å². The fraction of sp³-hybridized carbons (Fsp3) is 0. The van der Waals surface area contributed by atoms with Crippen LogP contribution in [0.15, 0.2) is 176 Å². The number of benzene rings is 8.